The van der Waals surface area contributed by atoms with E-state index in [0.29, 0.717) is 18.0 Å². The molecule has 0 aliphatic heterocycles. The van der Waals surface area contributed by atoms with Crippen LogP contribution < -0.4 is 15.6 Å². The number of fused-ring (bicyclic) bond motifs is 1. The van der Waals surface area contributed by atoms with E-state index in [2.05, 4.69) is 26.2 Å². The van der Waals surface area contributed by atoms with Crippen molar-refractivity contribution in [1.29, 1.82) is 5.26 Å². The molecule has 2 aromatic heterocycles. The molecule has 3 rings (SSSR count). The van der Waals surface area contributed by atoms with Crippen LogP contribution in [0.15, 0.2) is 63.5 Å². The Labute approximate surface area is 180 Å². The molecule has 0 aliphatic rings. The van der Waals surface area contributed by atoms with Gasteiger partial charge in [-0.1, -0.05) is 22.0 Å². The lowest BCUT2D eigenvalue weighted by Crippen LogP contribution is -2.28. The normalized spacial score (nSPS) is 11.2. The second kappa shape index (κ2) is 9.82. The smallest absolute Gasteiger partial charge is 0.269 e. The Balaban J connectivity index is 2.09. The van der Waals surface area contributed by atoms with Crippen LogP contribution in [0.1, 0.15) is 5.56 Å². The van der Waals surface area contributed by atoms with Crippen molar-refractivity contribution in [3.63, 3.8) is 0 Å². The largest absolute Gasteiger partial charge is 0.438 e. The number of aromatic nitrogens is 2. The van der Waals surface area contributed by atoms with Gasteiger partial charge in [-0.3, -0.25) is 14.0 Å². The molecule has 0 spiro atoms. The molecule has 30 heavy (non-hydrogen) atoms. The number of carbonyl (C=O) groups excluding carboxylic acids is 1. The van der Waals surface area contributed by atoms with Crippen molar-refractivity contribution >= 4 is 33.6 Å². The van der Waals surface area contributed by atoms with E-state index in [4.69, 9.17) is 9.47 Å². The van der Waals surface area contributed by atoms with Gasteiger partial charge in [0.15, 0.2) is 0 Å². The Kier molecular flexibility index (Phi) is 6.95. The van der Waals surface area contributed by atoms with Crippen LogP contribution in [-0.2, 0) is 9.53 Å². The highest BCUT2D eigenvalue weighted by Gasteiger charge is 2.17. The standard InChI is InChI=1S/C21H17BrN4O4/c1-29-11-9-24-19(27)14(13-23)12-17-20(30-16-7-5-15(22)6-8-16)25-18-4-2-3-10-26(18)21(17)28/h2-8,10,12H,9,11H2,1H3,(H,24,27)/b14-12+. The number of nitrogens with zero attached hydrogens (tertiary/aromatic N) is 3. The van der Waals surface area contributed by atoms with E-state index in [1.807, 2.05) is 6.07 Å². The number of hydrogen-bond donors (Lipinski definition) is 1. The second-order valence-electron chi connectivity index (χ2n) is 6.04. The van der Waals surface area contributed by atoms with Gasteiger partial charge in [-0.2, -0.15) is 10.2 Å². The lowest BCUT2D eigenvalue weighted by Gasteiger charge is -2.10. The van der Waals surface area contributed by atoms with E-state index in [-0.39, 0.29) is 23.6 Å². The molecule has 0 saturated carbocycles. The molecule has 1 aromatic carbocycles. The maximum atomic E-state index is 13.1. The number of methoxy groups -OCH3 is 1. The Bertz CT molecular complexity index is 1200. The van der Waals surface area contributed by atoms with Gasteiger partial charge in [0.05, 0.1) is 6.61 Å². The quantitative estimate of drug-likeness (QED) is 0.324. The maximum Gasteiger partial charge on any atom is 0.269 e. The predicted octanol–water partition coefficient (Wildman–Crippen LogP) is 2.92. The zero-order valence-electron chi connectivity index (χ0n) is 16.0. The van der Waals surface area contributed by atoms with Gasteiger partial charge in [0.2, 0.25) is 5.88 Å². The molecule has 0 atom stereocenters. The van der Waals surface area contributed by atoms with Crippen LogP contribution in [-0.4, -0.2) is 35.6 Å². The lowest BCUT2D eigenvalue weighted by molar-refractivity contribution is -0.117. The molecule has 3 aromatic rings. The molecule has 0 radical (unpaired) electrons. The van der Waals surface area contributed by atoms with Crippen LogP contribution in [0, 0.1) is 11.3 Å². The summed E-state index contributed by atoms with van der Waals surface area (Å²) in [5, 5.41) is 12.0. The van der Waals surface area contributed by atoms with Gasteiger partial charge in [0, 0.05) is 24.3 Å². The van der Waals surface area contributed by atoms with Gasteiger partial charge >= 0.3 is 0 Å². The highest BCUT2D eigenvalue weighted by molar-refractivity contribution is 9.10. The van der Waals surface area contributed by atoms with Crippen LogP contribution in [0.3, 0.4) is 0 Å². The molecule has 0 aliphatic carbocycles. The second-order valence-corrected chi connectivity index (χ2v) is 6.95. The number of halogens is 1. The summed E-state index contributed by atoms with van der Waals surface area (Å²) in [6.07, 6.45) is 2.74. The number of hydrogen-bond acceptors (Lipinski definition) is 6. The number of amides is 1. The number of nitrogens with one attached hydrogen (secondary N) is 1. The molecule has 8 nitrogen and oxygen atoms in total. The molecule has 0 bridgehead atoms. The maximum absolute atomic E-state index is 13.1. The molecule has 0 saturated heterocycles. The fourth-order valence-corrected chi connectivity index (χ4v) is 2.82. The highest BCUT2D eigenvalue weighted by atomic mass is 79.9. The van der Waals surface area contributed by atoms with Crippen LogP contribution in [0.2, 0.25) is 0 Å². The van der Waals surface area contributed by atoms with Crippen molar-refractivity contribution in [2.24, 2.45) is 0 Å². The van der Waals surface area contributed by atoms with E-state index in [0.717, 1.165) is 4.47 Å². The number of benzene rings is 1. The van der Waals surface area contributed by atoms with Crippen LogP contribution in [0.4, 0.5) is 0 Å². The molecule has 1 amide bonds. The zero-order valence-corrected chi connectivity index (χ0v) is 17.5. The first-order valence-electron chi connectivity index (χ1n) is 8.87. The van der Waals surface area contributed by atoms with Gasteiger partial charge in [0.1, 0.15) is 28.6 Å². The van der Waals surface area contributed by atoms with E-state index in [1.165, 1.54) is 17.6 Å². The third-order valence-electron chi connectivity index (χ3n) is 4.01. The zero-order chi connectivity index (χ0) is 21.5. The average Bonchev–Trinajstić information content (AvgIpc) is 2.75. The summed E-state index contributed by atoms with van der Waals surface area (Å²) in [4.78, 5) is 29.8. The number of nitriles is 1. The van der Waals surface area contributed by atoms with Crippen molar-refractivity contribution in [3.8, 4) is 17.7 Å². The molecule has 0 unspecified atom stereocenters. The van der Waals surface area contributed by atoms with Crippen molar-refractivity contribution in [3.05, 3.63) is 74.6 Å². The van der Waals surface area contributed by atoms with Crippen LogP contribution in [0.25, 0.3) is 11.7 Å². The summed E-state index contributed by atoms with van der Waals surface area (Å²) in [6, 6.07) is 13.9. The number of carbonyl (C=O) groups is 1. The van der Waals surface area contributed by atoms with Gasteiger partial charge in [-0.15, -0.1) is 0 Å². The summed E-state index contributed by atoms with van der Waals surface area (Å²) in [5.41, 5.74) is -0.360. The van der Waals surface area contributed by atoms with Gasteiger partial charge in [0.25, 0.3) is 11.5 Å². The minimum atomic E-state index is -0.623. The summed E-state index contributed by atoms with van der Waals surface area (Å²) < 4.78 is 12.9. The lowest BCUT2D eigenvalue weighted by atomic mass is 10.1. The Morgan fingerprint density at radius 2 is 2.07 bits per heavy atom. The minimum Gasteiger partial charge on any atom is -0.438 e. The Morgan fingerprint density at radius 1 is 1.30 bits per heavy atom. The fourth-order valence-electron chi connectivity index (χ4n) is 2.55. The third kappa shape index (κ3) is 4.92. The molecular weight excluding hydrogens is 452 g/mol. The fraction of sp³-hybridized carbons (Fsp3) is 0.143. The SMILES string of the molecule is COCCNC(=O)/C(C#N)=C/c1c(Oc2ccc(Br)cc2)nc2ccccn2c1=O. The topological polar surface area (TPSA) is 106 Å². The van der Waals surface area contributed by atoms with Crippen molar-refractivity contribution in [2.75, 3.05) is 20.3 Å². The van der Waals surface area contributed by atoms with E-state index < -0.39 is 11.5 Å². The van der Waals surface area contributed by atoms with Crippen molar-refractivity contribution < 1.29 is 14.3 Å². The first-order chi connectivity index (χ1) is 14.5. The molecule has 9 heteroatoms. The monoisotopic (exact) mass is 468 g/mol. The van der Waals surface area contributed by atoms with E-state index >= 15 is 0 Å². The molecular formula is C21H17BrN4O4. The first-order valence-corrected chi connectivity index (χ1v) is 9.66. The number of rotatable bonds is 7. The van der Waals surface area contributed by atoms with Gasteiger partial charge in [-0.25, -0.2) is 0 Å². The predicted molar refractivity (Wildman–Crippen MR) is 114 cm³/mol. The molecule has 2 heterocycles. The number of pyridine rings is 1. The van der Waals surface area contributed by atoms with Crippen LogP contribution >= 0.6 is 15.9 Å². The Morgan fingerprint density at radius 3 is 2.77 bits per heavy atom. The van der Waals surface area contributed by atoms with Gasteiger partial charge < -0.3 is 14.8 Å². The third-order valence-corrected chi connectivity index (χ3v) is 4.54. The summed E-state index contributed by atoms with van der Waals surface area (Å²) in [5.74, 6) is -0.184. The summed E-state index contributed by atoms with van der Waals surface area (Å²) >= 11 is 3.35. The van der Waals surface area contributed by atoms with Crippen LogP contribution in [0.5, 0.6) is 11.6 Å². The van der Waals surface area contributed by atoms with Crippen molar-refractivity contribution in [2.45, 2.75) is 0 Å². The summed E-state index contributed by atoms with van der Waals surface area (Å²) in [7, 11) is 1.50. The minimum absolute atomic E-state index is 0.00837. The van der Waals surface area contributed by atoms with E-state index in [9.17, 15) is 14.9 Å². The average molecular weight is 469 g/mol. The molecule has 0 fully saturated rings. The highest BCUT2D eigenvalue weighted by Crippen LogP contribution is 2.25. The molecule has 1 N–H and O–H groups in total. The van der Waals surface area contributed by atoms with Gasteiger partial charge in [-0.05, 0) is 42.5 Å². The van der Waals surface area contributed by atoms with Crippen molar-refractivity contribution in [1.82, 2.24) is 14.7 Å². The van der Waals surface area contributed by atoms with E-state index in [1.54, 1.807) is 48.7 Å². The first kappa shape index (κ1) is 21.2. The number of ether oxygens (including phenoxy) is 2. The Hall–Kier alpha value is -3.48. The summed E-state index contributed by atoms with van der Waals surface area (Å²) in [6.45, 7) is 0.522. The molecule has 152 valence electrons.